The molecule has 0 aliphatic carbocycles. The summed E-state index contributed by atoms with van der Waals surface area (Å²) < 4.78 is 0. The fourth-order valence-electron chi connectivity index (χ4n) is 2.96. The SMILES string of the molecule is CC(NC(=O)c1ccccc1Cl)C(=O)Nc1ccc(NC(C)c2ccccc2)cc1. The third-order valence-corrected chi connectivity index (χ3v) is 5.02. The molecule has 3 N–H and O–H groups in total. The molecular weight excluding hydrogens is 398 g/mol. The molecule has 0 spiro atoms. The van der Waals surface area contributed by atoms with Crippen LogP contribution in [0, 0.1) is 0 Å². The third-order valence-electron chi connectivity index (χ3n) is 4.69. The molecular formula is C24H24ClN3O2. The van der Waals surface area contributed by atoms with Crippen LogP contribution in [0.1, 0.15) is 35.8 Å². The molecule has 0 bridgehead atoms. The molecule has 3 aromatic rings. The van der Waals surface area contributed by atoms with E-state index in [1.54, 1.807) is 31.2 Å². The highest BCUT2D eigenvalue weighted by molar-refractivity contribution is 6.33. The number of rotatable bonds is 7. The van der Waals surface area contributed by atoms with Crippen molar-refractivity contribution in [1.29, 1.82) is 0 Å². The van der Waals surface area contributed by atoms with E-state index < -0.39 is 11.9 Å². The molecule has 0 aliphatic heterocycles. The molecule has 3 rings (SSSR count). The summed E-state index contributed by atoms with van der Waals surface area (Å²) in [6, 6.07) is 23.8. The second-order valence-electron chi connectivity index (χ2n) is 7.02. The minimum atomic E-state index is -0.718. The molecule has 0 fully saturated rings. The van der Waals surface area contributed by atoms with Crippen molar-refractivity contribution in [3.8, 4) is 0 Å². The van der Waals surface area contributed by atoms with E-state index in [1.807, 2.05) is 42.5 Å². The fraction of sp³-hybridized carbons (Fsp3) is 0.167. The summed E-state index contributed by atoms with van der Waals surface area (Å²) in [6.45, 7) is 3.72. The highest BCUT2D eigenvalue weighted by atomic mass is 35.5. The van der Waals surface area contributed by atoms with Gasteiger partial charge in [0.05, 0.1) is 10.6 Å². The van der Waals surface area contributed by atoms with Gasteiger partial charge in [0.2, 0.25) is 5.91 Å². The van der Waals surface area contributed by atoms with Crippen LogP contribution in [0.25, 0.3) is 0 Å². The smallest absolute Gasteiger partial charge is 0.253 e. The molecule has 0 aromatic heterocycles. The summed E-state index contributed by atoms with van der Waals surface area (Å²) in [6.07, 6.45) is 0. The van der Waals surface area contributed by atoms with Crippen molar-refractivity contribution in [1.82, 2.24) is 5.32 Å². The number of hydrogen-bond acceptors (Lipinski definition) is 3. The van der Waals surface area contributed by atoms with E-state index in [4.69, 9.17) is 11.6 Å². The monoisotopic (exact) mass is 421 g/mol. The summed E-state index contributed by atoms with van der Waals surface area (Å²) in [5, 5.41) is 9.25. The first-order valence-corrected chi connectivity index (χ1v) is 10.1. The number of halogens is 1. The van der Waals surface area contributed by atoms with Crippen LogP contribution >= 0.6 is 11.6 Å². The van der Waals surface area contributed by atoms with Crippen molar-refractivity contribution < 1.29 is 9.59 Å². The second kappa shape index (κ2) is 9.94. The molecule has 6 heteroatoms. The number of carbonyl (C=O) groups is 2. The number of hydrogen-bond donors (Lipinski definition) is 3. The Balaban J connectivity index is 1.55. The average Bonchev–Trinajstić information content (AvgIpc) is 2.75. The zero-order chi connectivity index (χ0) is 21.5. The van der Waals surface area contributed by atoms with Crippen LogP contribution in [0.4, 0.5) is 11.4 Å². The van der Waals surface area contributed by atoms with Crippen molar-refractivity contribution in [3.63, 3.8) is 0 Å². The lowest BCUT2D eigenvalue weighted by Crippen LogP contribution is -2.41. The van der Waals surface area contributed by atoms with Gasteiger partial charge in [-0.15, -0.1) is 0 Å². The van der Waals surface area contributed by atoms with Crippen molar-refractivity contribution in [3.05, 3.63) is 95.0 Å². The van der Waals surface area contributed by atoms with Gasteiger partial charge in [0, 0.05) is 17.4 Å². The van der Waals surface area contributed by atoms with Crippen LogP contribution in [-0.4, -0.2) is 17.9 Å². The number of nitrogens with one attached hydrogen (secondary N) is 3. The molecule has 3 aromatic carbocycles. The predicted molar refractivity (Wildman–Crippen MR) is 122 cm³/mol. The van der Waals surface area contributed by atoms with Crippen molar-refractivity contribution >= 4 is 34.8 Å². The van der Waals surface area contributed by atoms with Crippen LogP contribution in [0.2, 0.25) is 5.02 Å². The Morgan fingerprint density at radius 2 is 1.40 bits per heavy atom. The van der Waals surface area contributed by atoms with Crippen molar-refractivity contribution in [2.75, 3.05) is 10.6 Å². The standard InChI is InChI=1S/C24H24ClN3O2/c1-16(18-8-4-3-5-9-18)26-19-12-14-20(15-13-19)28-23(29)17(2)27-24(30)21-10-6-7-11-22(21)25/h3-17,26H,1-2H3,(H,27,30)(H,28,29). The van der Waals surface area contributed by atoms with Crippen LogP contribution in [0.5, 0.6) is 0 Å². The maximum atomic E-state index is 12.4. The van der Waals surface area contributed by atoms with Crippen molar-refractivity contribution in [2.24, 2.45) is 0 Å². The molecule has 5 nitrogen and oxygen atoms in total. The van der Waals surface area contributed by atoms with Crippen LogP contribution in [-0.2, 0) is 4.79 Å². The molecule has 0 heterocycles. The number of amides is 2. The van der Waals surface area contributed by atoms with E-state index in [0.29, 0.717) is 16.3 Å². The average molecular weight is 422 g/mol. The lowest BCUT2D eigenvalue weighted by molar-refractivity contribution is -0.117. The maximum Gasteiger partial charge on any atom is 0.253 e. The first-order chi connectivity index (χ1) is 14.4. The lowest BCUT2D eigenvalue weighted by Gasteiger charge is -2.17. The van der Waals surface area contributed by atoms with Gasteiger partial charge in [0.1, 0.15) is 6.04 Å². The molecule has 0 saturated heterocycles. The van der Waals surface area contributed by atoms with Gasteiger partial charge < -0.3 is 16.0 Å². The van der Waals surface area contributed by atoms with Crippen LogP contribution in [0.15, 0.2) is 78.9 Å². The van der Waals surface area contributed by atoms with E-state index in [-0.39, 0.29) is 11.9 Å². The molecule has 2 amide bonds. The highest BCUT2D eigenvalue weighted by Crippen LogP contribution is 2.21. The topological polar surface area (TPSA) is 70.2 Å². The van der Waals surface area contributed by atoms with Crippen molar-refractivity contribution in [2.45, 2.75) is 25.9 Å². The Labute approximate surface area is 181 Å². The van der Waals surface area contributed by atoms with Gasteiger partial charge in [-0.25, -0.2) is 0 Å². The van der Waals surface area contributed by atoms with Gasteiger partial charge in [0.15, 0.2) is 0 Å². The first kappa shape index (κ1) is 21.4. The minimum Gasteiger partial charge on any atom is -0.379 e. The summed E-state index contributed by atoms with van der Waals surface area (Å²) in [7, 11) is 0. The maximum absolute atomic E-state index is 12.4. The lowest BCUT2D eigenvalue weighted by atomic mass is 10.1. The molecule has 2 atom stereocenters. The Bertz CT molecular complexity index is 1010. The summed E-state index contributed by atoms with van der Waals surface area (Å²) in [4.78, 5) is 24.8. The summed E-state index contributed by atoms with van der Waals surface area (Å²) in [5.41, 5.74) is 3.13. The largest absolute Gasteiger partial charge is 0.379 e. The van der Waals surface area contributed by atoms with E-state index >= 15 is 0 Å². The van der Waals surface area contributed by atoms with E-state index in [2.05, 4.69) is 35.0 Å². The Kier molecular flexibility index (Phi) is 7.09. The predicted octanol–water partition coefficient (Wildman–Crippen LogP) is 5.27. The zero-order valence-electron chi connectivity index (χ0n) is 16.9. The second-order valence-corrected chi connectivity index (χ2v) is 7.43. The normalized spacial score (nSPS) is 12.5. The van der Waals surface area contributed by atoms with Gasteiger partial charge >= 0.3 is 0 Å². The summed E-state index contributed by atoms with van der Waals surface area (Å²) in [5.74, 6) is -0.702. The molecule has 30 heavy (non-hydrogen) atoms. The summed E-state index contributed by atoms with van der Waals surface area (Å²) >= 11 is 6.03. The van der Waals surface area contributed by atoms with Crippen LogP contribution in [0.3, 0.4) is 0 Å². The Morgan fingerprint density at radius 1 is 0.800 bits per heavy atom. The quantitative estimate of drug-likeness (QED) is 0.486. The van der Waals surface area contributed by atoms with Gasteiger partial charge in [0.25, 0.3) is 5.91 Å². The first-order valence-electron chi connectivity index (χ1n) is 9.72. The molecule has 0 saturated carbocycles. The molecule has 2 unspecified atom stereocenters. The minimum absolute atomic E-state index is 0.159. The zero-order valence-corrected chi connectivity index (χ0v) is 17.6. The van der Waals surface area contributed by atoms with E-state index in [1.165, 1.54) is 5.56 Å². The molecule has 154 valence electrons. The number of anilines is 2. The van der Waals surface area contributed by atoms with Gasteiger partial charge in [-0.1, -0.05) is 54.1 Å². The number of carbonyl (C=O) groups excluding carboxylic acids is 2. The molecule has 0 radical (unpaired) electrons. The Morgan fingerprint density at radius 3 is 2.07 bits per heavy atom. The number of benzene rings is 3. The molecule has 0 aliphatic rings. The van der Waals surface area contributed by atoms with Gasteiger partial charge in [-0.05, 0) is 55.8 Å². The van der Waals surface area contributed by atoms with Gasteiger partial charge in [-0.2, -0.15) is 0 Å². The Hall–Kier alpha value is -3.31. The van der Waals surface area contributed by atoms with Crippen LogP contribution < -0.4 is 16.0 Å². The van der Waals surface area contributed by atoms with E-state index in [0.717, 1.165) is 5.69 Å². The van der Waals surface area contributed by atoms with E-state index in [9.17, 15) is 9.59 Å². The highest BCUT2D eigenvalue weighted by Gasteiger charge is 2.18. The fourth-order valence-corrected chi connectivity index (χ4v) is 3.18. The third kappa shape index (κ3) is 5.61. The van der Waals surface area contributed by atoms with Gasteiger partial charge in [-0.3, -0.25) is 9.59 Å².